The smallest absolute Gasteiger partial charge is 0.274 e. The van der Waals surface area contributed by atoms with E-state index in [9.17, 15) is 20.0 Å². The third-order valence-electron chi connectivity index (χ3n) is 10.6. The van der Waals surface area contributed by atoms with Gasteiger partial charge in [-0.2, -0.15) is 15.5 Å². The highest BCUT2D eigenvalue weighted by atomic mass is 16.5. The fraction of sp³-hybridized carbons (Fsp3) is 0.575. The van der Waals surface area contributed by atoms with E-state index in [1.165, 1.54) is 17.8 Å². The summed E-state index contributed by atoms with van der Waals surface area (Å²) in [6, 6.07) is 11.8. The van der Waals surface area contributed by atoms with Crippen LogP contribution in [0.5, 0.6) is 0 Å². The molecule has 1 saturated carbocycles. The van der Waals surface area contributed by atoms with E-state index in [2.05, 4.69) is 48.2 Å². The van der Waals surface area contributed by atoms with Crippen LogP contribution in [0.2, 0.25) is 0 Å². The molecule has 0 atom stereocenters. The molecular weight excluding hydrogens is 699 g/mol. The molecule has 15 heteroatoms. The minimum Gasteiger partial charge on any atom is -0.386 e. The number of unbranched alkanes of at least 4 members (excludes halogenated alkanes) is 2. The molecule has 2 amide bonds. The summed E-state index contributed by atoms with van der Waals surface area (Å²) in [5, 5.41) is 36.4. The van der Waals surface area contributed by atoms with Crippen LogP contribution in [-0.2, 0) is 15.1 Å². The molecule has 1 saturated heterocycles. The van der Waals surface area contributed by atoms with Crippen LogP contribution in [0, 0.1) is 11.3 Å². The first kappa shape index (κ1) is 41.7. The van der Waals surface area contributed by atoms with Gasteiger partial charge in [-0.3, -0.25) is 24.1 Å². The summed E-state index contributed by atoms with van der Waals surface area (Å²) in [6.45, 7) is 11.0. The molecule has 0 spiro atoms. The largest absolute Gasteiger partial charge is 0.386 e. The maximum absolute atomic E-state index is 13.5. The van der Waals surface area contributed by atoms with Gasteiger partial charge in [-0.1, -0.05) is 6.42 Å². The maximum atomic E-state index is 13.5. The second-order valence-electron chi connectivity index (χ2n) is 14.9. The lowest BCUT2D eigenvalue weighted by Gasteiger charge is -2.42. The molecule has 4 heterocycles. The number of benzene rings is 1. The Morgan fingerprint density at radius 1 is 1.02 bits per heavy atom. The lowest BCUT2D eigenvalue weighted by atomic mass is 9.90. The van der Waals surface area contributed by atoms with Gasteiger partial charge < -0.3 is 31.9 Å². The fourth-order valence-corrected chi connectivity index (χ4v) is 7.60. The summed E-state index contributed by atoms with van der Waals surface area (Å²) >= 11 is 0. The molecule has 1 aliphatic carbocycles. The van der Waals surface area contributed by atoms with Crippen LogP contribution in [0.4, 0.5) is 5.69 Å². The molecule has 3 aromatic heterocycles. The second kappa shape index (κ2) is 19.9. The number of ether oxygens (including phenoxy) is 1. The Labute approximate surface area is 323 Å². The quantitative estimate of drug-likeness (QED) is 0.105. The van der Waals surface area contributed by atoms with Crippen LogP contribution in [0.3, 0.4) is 0 Å². The van der Waals surface area contributed by atoms with Crippen molar-refractivity contribution in [1.29, 1.82) is 5.26 Å². The van der Waals surface area contributed by atoms with Crippen LogP contribution in [-0.4, -0.2) is 118 Å². The summed E-state index contributed by atoms with van der Waals surface area (Å²) in [4.78, 5) is 30.5. The molecule has 7 N–H and O–H groups in total. The Balaban J connectivity index is 0.00000285. The standard InChI is InChI=1S/C39H54N10O4.CH5N/c1-39(2,52)33-24-34-29(23-35(33)44-38(51)36-12-11-32-22-28(25-41)26-43-49(32)36)27-48(45-34)31-9-7-30(8-10-31)47-17-15-46(16-18-47)19-21-53-20-14-42-37(50)6-4-3-5-13-40;1-2/h11-12,22-24,26-27,30-31,52H,3-10,13-21,40H2,1-2H3,(H,42,50)(H,44,51);2H2,1H3. The molecular formula is C40H59N11O4. The van der Waals surface area contributed by atoms with Gasteiger partial charge in [0.1, 0.15) is 11.8 Å². The number of amides is 2. The lowest BCUT2D eigenvalue weighted by Crippen LogP contribution is -2.51. The molecule has 298 valence electrons. The number of nitrogens with two attached hydrogens (primary N) is 2. The van der Waals surface area contributed by atoms with Crippen molar-refractivity contribution >= 4 is 33.9 Å². The molecule has 55 heavy (non-hydrogen) atoms. The third-order valence-corrected chi connectivity index (χ3v) is 10.6. The van der Waals surface area contributed by atoms with Gasteiger partial charge in [0.15, 0.2) is 0 Å². The molecule has 0 unspecified atom stereocenters. The van der Waals surface area contributed by atoms with E-state index in [4.69, 9.17) is 15.6 Å². The van der Waals surface area contributed by atoms with Gasteiger partial charge in [-0.15, -0.1) is 0 Å². The number of carbonyl (C=O) groups excluding carboxylic acids is 2. The topological polar surface area (TPSA) is 205 Å². The third kappa shape index (κ3) is 11.1. The van der Waals surface area contributed by atoms with Gasteiger partial charge in [0.05, 0.1) is 47.7 Å². The van der Waals surface area contributed by atoms with Gasteiger partial charge in [-0.05, 0) is 96.3 Å². The lowest BCUT2D eigenvalue weighted by molar-refractivity contribution is -0.121. The number of nitrogens with one attached hydrogen (secondary N) is 2. The highest BCUT2D eigenvalue weighted by Gasteiger charge is 2.30. The zero-order chi connectivity index (χ0) is 39.4. The van der Waals surface area contributed by atoms with Gasteiger partial charge in [0.25, 0.3) is 5.91 Å². The highest BCUT2D eigenvalue weighted by molar-refractivity contribution is 6.05. The number of nitriles is 1. The van der Waals surface area contributed by atoms with Crippen LogP contribution >= 0.6 is 0 Å². The Bertz CT molecular complexity index is 1890. The van der Waals surface area contributed by atoms with Crippen molar-refractivity contribution in [3.63, 3.8) is 0 Å². The summed E-state index contributed by atoms with van der Waals surface area (Å²) < 4.78 is 9.37. The number of rotatable bonds is 16. The van der Waals surface area contributed by atoms with Crippen LogP contribution in [0.1, 0.15) is 92.9 Å². The van der Waals surface area contributed by atoms with Crippen molar-refractivity contribution in [2.24, 2.45) is 11.5 Å². The molecule has 15 nitrogen and oxygen atoms in total. The molecule has 1 aromatic carbocycles. The van der Waals surface area contributed by atoms with Crippen molar-refractivity contribution in [2.45, 2.75) is 82.9 Å². The Hall–Kier alpha value is -4.43. The van der Waals surface area contributed by atoms with Gasteiger partial charge >= 0.3 is 0 Å². The predicted octanol–water partition coefficient (Wildman–Crippen LogP) is 3.36. The Morgan fingerprint density at radius 3 is 2.47 bits per heavy atom. The average Bonchev–Trinajstić information content (AvgIpc) is 3.82. The molecule has 2 aliphatic rings. The monoisotopic (exact) mass is 757 g/mol. The van der Waals surface area contributed by atoms with Gasteiger partial charge in [-0.25, -0.2) is 4.52 Å². The number of aliphatic hydroxyl groups is 1. The van der Waals surface area contributed by atoms with Crippen molar-refractivity contribution in [3.8, 4) is 6.07 Å². The first-order valence-electron chi connectivity index (χ1n) is 19.7. The van der Waals surface area contributed by atoms with Crippen molar-refractivity contribution in [2.75, 3.05) is 71.4 Å². The van der Waals surface area contributed by atoms with Gasteiger partial charge in [0, 0.05) is 74.6 Å². The molecule has 0 radical (unpaired) electrons. The van der Waals surface area contributed by atoms with Crippen molar-refractivity contribution in [1.82, 2.24) is 34.5 Å². The van der Waals surface area contributed by atoms with Crippen LogP contribution in [0.25, 0.3) is 16.4 Å². The summed E-state index contributed by atoms with van der Waals surface area (Å²) in [7, 11) is 1.50. The summed E-state index contributed by atoms with van der Waals surface area (Å²) in [6.07, 6.45) is 11.2. The molecule has 4 aromatic rings. The average molecular weight is 758 g/mol. The summed E-state index contributed by atoms with van der Waals surface area (Å²) in [5.74, 6) is -0.278. The predicted molar refractivity (Wildman–Crippen MR) is 214 cm³/mol. The number of carbonyl (C=O) groups is 2. The molecule has 0 bridgehead atoms. The fourth-order valence-electron chi connectivity index (χ4n) is 7.60. The number of hydrogen-bond acceptors (Lipinski definition) is 11. The number of aromatic nitrogens is 4. The van der Waals surface area contributed by atoms with Gasteiger partial charge in [0.2, 0.25) is 5.91 Å². The van der Waals surface area contributed by atoms with Crippen LogP contribution < -0.4 is 22.1 Å². The Kier molecular flexibility index (Phi) is 15.1. The van der Waals surface area contributed by atoms with E-state index >= 15 is 0 Å². The van der Waals surface area contributed by atoms with Crippen molar-refractivity contribution in [3.05, 3.63) is 59.5 Å². The van der Waals surface area contributed by atoms with Crippen LogP contribution in [0.15, 0.2) is 42.7 Å². The zero-order valence-corrected chi connectivity index (χ0v) is 32.7. The number of piperazine rings is 1. The van der Waals surface area contributed by atoms with E-state index in [1.54, 1.807) is 32.0 Å². The molecule has 6 rings (SSSR count). The SMILES string of the molecule is CC(C)(O)c1cc2nn(C3CCC(N4CCN(CCOCCNC(=O)CCCCCN)CC4)CC3)cc2cc1NC(=O)c1ccc2cc(C#N)cnn12.CN. The number of hydrogen-bond donors (Lipinski definition) is 5. The minimum absolute atomic E-state index is 0.0886. The van der Waals surface area contributed by atoms with E-state index in [-0.39, 0.29) is 17.9 Å². The zero-order valence-electron chi connectivity index (χ0n) is 32.7. The van der Waals surface area contributed by atoms with E-state index < -0.39 is 5.60 Å². The molecule has 1 aliphatic heterocycles. The summed E-state index contributed by atoms with van der Waals surface area (Å²) in [5.41, 5.74) is 12.0. The number of anilines is 1. The number of fused-ring (bicyclic) bond motifs is 2. The Morgan fingerprint density at radius 2 is 1.76 bits per heavy atom. The van der Waals surface area contributed by atoms with E-state index in [0.717, 1.165) is 88.6 Å². The van der Waals surface area contributed by atoms with E-state index in [1.807, 2.05) is 12.1 Å². The highest BCUT2D eigenvalue weighted by Crippen LogP contribution is 2.35. The van der Waals surface area contributed by atoms with Crippen molar-refractivity contribution < 1.29 is 19.4 Å². The first-order valence-corrected chi connectivity index (χ1v) is 19.7. The first-order chi connectivity index (χ1) is 26.6. The molecule has 2 fully saturated rings. The normalized spacial score (nSPS) is 18.1. The minimum atomic E-state index is -1.22. The van der Waals surface area contributed by atoms with E-state index in [0.29, 0.717) is 66.8 Å². The number of nitrogens with zero attached hydrogens (tertiary/aromatic N) is 7. The maximum Gasteiger partial charge on any atom is 0.274 e. The second-order valence-corrected chi connectivity index (χ2v) is 14.9.